The third-order valence-corrected chi connectivity index (χ3v) is 11.9. The molecular formula is C50H97N3O4S. The Kier molecular flexibility index (Phi) is 43.6. The van der Waals surface area contributed by atoms with Gasteiger partial charge in [0.05, 0.1) is 0 Å². The van der Waals surface area contributed by atoms with Gasteiger partial charge in [-0.1, -0.05) is 162 Å². The zero-order chi connectivity index (χ0) is 42.6. The van der Waals surface area contributed by atoms with Gasteiger partial charge in [0, 0.05) is 32.9 Å². The second kappa shape index (κ2) is 44.9. The van der Waals surface area contributed by atoms with Crippen molar-refractivity contribution in [2.45, 2.75) is 258 Å². The number of hydrogen-bond acceptors (Lipinski definition) is 6. The lowest BCUT2D eigenvalue weighted by atomic mass is 10.0. The zero-order valence-corrected chi connectivity index (χ0v) is 39.8. The molecule has 8 heteroatoms. The van der Waals surface area contributed by atoms with E-state index in [0.717, 1.165) is 96.8 Å². The van der Waals surface area contributed by atoms with Crippen LogP contribution in [0.3, 0.4) is 0 Å². The predicted molar refractivity (Wildman–Crippen MR) is 255 cm³/mol. The van der Waals surface area contributed by atoms with Crippen LogP contribution in [-0.2, 0) is 19.1 Å². The van der Waals surface area contributed by atoms with Crippen LogP contribution in [0.5, 0.6) is 0 Å². The van der Waals surface area contributed by atoms with Crippen LogP contribution in [0.4, 0.5) is 0 Å². The Morgan fingerprint density at radius 3 is 1.33 bits per heavy atom. The van der Waals surface area contributed by atoms with Gasteiger partial charge in [-0.25, -0.2) is 0 Å². The SMILES string of the molecule is C=CCC(CCCCCCCC)OC(=O)CCCCCCCN(CCCCCCCC(=O)OC(CCCCCCCC)CCCCCCCC)CCCNC(=S)NC. The topological polar surface area (TPSA) is 79.9 Å². The highest BCUT2D eigenvalue weighted by Gasteiger charge is 2.15. The Hall–Kier alpha value is -1.67. The molecule has 0 fully saturated rings. The fourth-order valence-electron chi connectivity index (χ4n) is 7.82. The van der Waals surface area contributed by atoms with Crippen molar-refractivity contribution in [1.82, 2.24) is 15.5 Å². The highest BCUT2D eigenvalue weighted by Crippen LogP contribution is 2.19. The Labute approximate surface area is 366 Å². The molecule has 0 aliphatic carbocycles. The molecular weight excluding hydrogens is 739 g/mol. The molecule has 0 saturated carbocycles. The van der Waals surface area contributed by atoms with Crippen LogP contribution in [0.15, 0.2) is 12.7 Å². The van der Waals surface area contributed by atoms with E-state index in [-0.39, 0.29) is 24.1 Å². The molecule has 0 rings (SSSR count). The maximum Gasteiger partial charge on any atom is 0.306 e. The minimum absolute atomic E-state index is 0.00756. The normalized spacial score (nSPS) is 11.9. The Morgan fingerprint density at radius 2 is 0.897 bits per heavy atom. The van der Waals surface area contributed by atoms with E-state index in [1.165, 1.54) is 141 Å². The summed E-state index contributed by atoms with van der Waals surface area (Å²) >= 11 is 5.26. The monoisotopic (exact) mass is 836 g/mol. The number of rotatable bonds is 45. The van der Waals surface area contributed by atoms with Crippen molar-refractivity contribution in [2.75, 3.05) is 33.2 Å². The predicted octanol–water partition coefficient (Wildman–Crippen LogP) is 14.1. The minimum atomic E-state index is -0.0402. The number of nitrogens with one attached hydrogen (secondary N) is 2. The molecule has 0 spiro atoms. The summed E-state index contributed by atoms with van der Waals surface area (Å²) in [6.45, 7) is 14.8. The molecule has 0 radical (unpaired) electrons. The van der Waals surface area contributed by atoms with Crippen molar-refractivity contribution in [3.05, 3.63) is 12.7 Å². The number of carbonyl (C=O) groups excluding carboxylic acids is 2. The molecule has 0 aromatic heterocycles. The van der Waals surface area contributed by atoms with Crippen molar-refractivity contribution in [2.24, 2.45) is 0 Å². The lowest BCUT2D eigenvalue weighted by Crippen LogP contribution is -2.35. The number of esters is 2. The van der Waals surface area contributed by atoms with E-state index in [2.05, 4.69) is 42.9 Å². The van der Waals surface area contributed by atoms with Crippen molar-refractivity contribution < 1.29 is 19.1 Å². The molecule has 342 valence electrons. The van der Waals surface area contributed by atoms with E-state index in [0.29, 0.717) is 18.0 Å². The lowest BCUT2D eigenvalue weighted by Gasteiger charge is -2.22. The van der Waals surface area contributed by atoms with Gasteiger partial charge in [-0.15, -0.1) is 6.58 Å². The second-order valence-electron chi connectivity index (χ2n) is 17.2. The summed E-state index contributed by atoms with van der Waals surface area (Å²) in [7, 11) is 1.86. The molecule has 58 heavy (non-hydrogen) atoms. The molecule has 0 aromatic carbocycles. The van der Waals surface area contributed by atoms with E-state index in [4.69, 9.17) is 21.7 Å². The van der Waals surface area contributed by atoms with E-state index in [1.807, 2.05) is 13.1 Å². The molecule has 0 heterocycles. The fourth-order valence-corrected chi connectivity index (χ4v) is 7.92. The first-order valence-electron chi connectivity index (χ1n) is 25.1. The molecule has 0 amide bonds. The highest BCUT2D eigenvalue weighted by atomic mass is 32.1. The van der Waals surface area contributed by atoms with Crippen LogP contribution < -0.4 is 10.6 Å². The third-order valence-electron chi connectivity index (χ3n) is 11.5. The first-order valence-corrected chi connectivity index (χ1v) is 25.5. The zero-order valence-electron chi connectivity index (χ0n) is 39.0. The fraction of sp³-hybridized carbons (Fsp3) is 0.900. The molecule has 0 aliphatic rings. The molecule has 0 bridgehead atoms. The molecule has 0 aliphatic heterocycles. The number of unbranched alkanes of at least 4 members (excludes halogenated alkanes) is 23. The van der Waals surface area contributed by atoms with E-state index in [9.17, 15) is 9.59 Å². The van der Waals surface area contributed by atoms with Gasteiger partial charge in [0.1, 0.15) is 12.2 Å². The maximum atomic E-state index is 12.8. The molecule has 1 unspecified atom stereocenters. The van der Waals surface area contributed by atoms with E-state index in [1.54, 1.807) is 0 Å². The number of thiocarbonyl (C=S) groups is 1. The molecule has 0 aromatic rings. The average Bonchev–Trinajstić information content (AvgIpc) is 3.21. The summed E-state index contributed by atoms with van der Waals surface area (Å²) in [6, 6.07) is 0. The molecule has 1 atom stereocenters. The van der Waals surface area contributed by atoms with Gasteiger partial charge < -0.3 is 25.0 Å². The summed E-state index contributed by atoms with van der Waals surface area (Å²) in [6.07, 6.45) is 42.0. The van der Waals surface area contributed by atoms with Gasteiger partial charge in [-0.3, -0.25) is 9.59 Å². The largest absolute Gasteiger partial charge is 0.462 e. The Balaban J connectivity index is 4.43. The number of carbonyl (C=O) groups is 2. The van der Waals surface area contributed by atoms with Crippen molar-refractivity contribution in [3.63, 3.8) is 0 Å². The summed E-state index contributed by atoms with van der Waals surface area (Å²) in [5.74, 6) is -0.0167. The molecule has 7 nitrogen and oxygen atoms in total. The average molecular weight is 836 g/mol. The van der Waals surface area contributed by atoms with Gasteiger partial charge >= 0.3 is 11.9 Å². The van der Waals surface area contributed by atoms with Crippen molar-refractivity contribution >= 4 is 29.3 Å². The van der Waals surface area contributed by atoms with Gasteiger partial charge in [0.15, 0.2) is 5.11 Å². The standard InChI is InChI=1S/C50H97N3O4S/c1-6-10-13-16-21-28-37-46(36-9-4)56-48(54)40-31-24-19-26-33-43-53(45-35-42-52-50(58)51-5)44-34-27-20-25-32-41-49(55)57-47(38-29-22-17-14-11-7-2)39-30-23-18-15-12-8-3/h9,46-47H,4,6-8,10-45H2,1-3,5H3,(H2,51,52,58). The first kappa shape index (κ1) is 56.3. The highest BCUT2D eigenvalue weighted by molar-refractivity contribution is 7.80. The summed E-state index contributed by atoms with van der Waals surface area (Å²) in [5.41, 5.74) is 0. The van der Waals surface area contributed by atoms with Crippen LogP contribution >= 0.6 is 12.2 Å². The smallest absolute Gasteiger partial charge is 0.306 e. The Morgan fingerprint density at radius 1 is 0.534 bits per heavy atom. The van der Waals surface area contributed by atoms with Gasteiger partial charge in [-0.05, 0) is 102 Å². The number of ether oxygens (including phenoxy) is 2. The van der Waals surface area contributed by atoms with E-state index >= 15 is 0 Å². The maximum absolute atomic E-state index is 12.8. The second-order valence-corrected chi connectivity index (χ2v) is 17.6. The van der Waals surface area contributed by atoms with Crippen LogP contribution in [0.25, 0.3) is 0 Å². The van der Waals surface area contributed by atoms with Crippen molar-refractivity contribution in [3.8, 4) is 0 Å². The molecule has 0 saturated heterocycles. The number of hydrogen-bond donors (Lipinski definition) is 2. The van der Waals surface area contributed by atoms with Crippen LogP contribution in [-0.4, -0.2) is 67.4 Å². The first-order chi connectivity index (χ1) is 28.4. The van der Waals surface area contributed by atoms with Gasteiger partial charge in [0.25, 0.3) is 0 Å². The Bertz CT molecular complexity index is 919. The van der Waals surface area contributed by atoms with Gasteiger partial charge in [0.2, 0.25) is 0 Å². The summed E-state index contributed by atoms with van der Waals surface area (Å²) in [4.78, 5) is 28.0. The summed E-state index contributed by atoms with van der Waals surface area (Å²) < 4.78 is 11.9. The van der Waals surface area contributed by atoms with Crippen LogP contribution in [0.1, 0.15) is 245 Å². The number of nitrogens with zero attached hydrogens (tertiary/aromatic N) is 1. The third kappa shape index (κ3) is 39.8. The summed E-state index contributed by atoms with van der Waals surface area (Å²) in [5, 5.41) is 7.00. The van der Waals surface area contributed by atoms with Crippen molar-refractivity contribution in [1.29, 1.82) is 0 Å². The molecule has 2 N–H and O–H groups in total. The minimum Gasteiger partial charge on any atom is -0.462 e. The van der Waals surface area contributed by atoms with Crippen LogP contribution in [0.2, 0.25) is 0 Å². The quantitative estimate of drug-likeness (QED) is 0.0272. The van der Waals surface area contributed by atoms with Crippen LogP contribution in [0, 0.1) is 0 Å². The van der Waals surface area contributed by atoms with E-state index < -0.39 is 0 Å². The lowest BCUT2D eigenvalue weighted by molar-refractivity contribution is -0.150. The van der Waals surface area contributed by atoms with Gasteiger partial charge in [-0.2, -0.15) is 0 Å².